The number of ether oxygens (including phenoxy) is 1. The van der Waals surface area contributed by atoms with E-state index in [1.54, 1.807) is 36.4 Å². The molecule has 158 valence electrons. The molecule has 1 N–H and O–H groups in total. The molecule has 10 nitrogen and oxygen atoms in total. The lowest BCUT2D eigenvalue weighted by Gasteiger charge is -2.19. The number of nitrogens with one attached hydrogen (secondary N) is 1. The molecule has 1 aromatic heterocycles. The minimum atomic E-state index is -3.60. The van der Waals surface area contributed by atoms with Crippen molar-refractivity contribution in [1.29, 1.82) is 5.41 Å². The van der Waals surface area contributed by atoms with E-state index in [9.17, 15) is 18.0 Å². The molecular formula is C19H14N4O6S2. The van der Waals surface area contributed by atoms with E-state index in [0.29, 0.717) is 28.6 Å². The van der Waals surface area contributed by atoms with Gasteiger partial charge in [-0.05, 0) is 42.1 Å². The maximum atomic E-state index is 12.4. The number of amidine groups is 2. The highest BCUT2D eigenvalue weighted by molar-refractivity contribution is 8.42. The van der Waals surface area contributed by atoms with Gasteiger partial charge in [0.1, 0.15) is 11.5 Å². The summed E-state index contributed by atoms with van der Waals surface area (Å²) in [5.74, 6) is -0.683. The Morgan fingerprint density at radius 2 is 1.94 bits per heavy atom. The average molecular weight is 458 g/mol. The molecule has 4 rings (SSSR count). The number of hydrogen-bond acceptors (Lipinski definition) is 9. The second-order valence-corrected chi connectivity index (χ2v) is 9.57. The van der Waals surface area contributed by atoms with Crippen molar-refractivity contribution in [3.05, 3.63) is 53.3 Å². The third kappa shape index (κ3) is 3.94. The summed E-state index contributed by atoms with van der Waals surface area (Å²) in [6.45, 7) is 0. The summed E-state index contributed by atoms with van der Waals surface area (Å²) in [7, 11) is -2.30. The third-order valence-corrected chi connectivity index (χ3v) is 6.83. The fourth-order valence-electron chi connectivity index (χ4n) is 2.74. The van der Waals surface area contributed by atoms with Crippen LogP contribution in [0.4, 0.5) is 0 Å². The van der Waals surface area contributed by atoms with Crippen molar-refractivity contribution >= 4 is 54.9 Å². The second-order valence-electron chi connectivity index (χ2n) is 6.43. The van der Waals surface area contributed by atoms with Crippen LogP contribution < -0.4 is 0 Å². The Morgan fingerprint density at radius 1 is 1.23 bits per heavy atom. The Balaban J connectivity index is 1.61. The van der Waals surface area contributed by atoms with E-state index in [-0.39, 0.29) is 26.7 Å². The molecule has 1 amide bonds. The molecule has 0 atom stereocenters. The molecule has 0 spiro atoms. The lowest BCUT2D eigenvalue weighted by Crippen LogP contribution is -2.35. The van der Waals surface area contributed by atoms with Gasteiger partial charge in [-0.1, -0.05) is 12.1 Å². The number of sulfone groups is 1. The van der Waals surface area contributed by atoms with Crippen LogP contribution in [0, 0.1) is 5.41 Å². The van der Waals surface area contributed by atoms with Gasteiger partial charge in [0.2, 0.25) is 19.4 Å². The zero-order chi connectivity index (χ0) is 22.3. The largest absolute Gasteiger partial charge is 0.465 e. The third-order valence-electron chi connectivity index (χ3n) is 4.26. The highest BCUT2D eigenvalue weighted by atomic mass is 32.3. The van der Waals surface area contributed by atoms with Gasteiger partial charge in [0.15, 0.2) is 5.84 Å². The predicted molar refractivity (Wildman–Crippen MR) is 115 cm³/mol. The first-order valence-corrected chi connectivity index (χ1v) is 11.4. The number of furan rings is 1. The summed E-state index contributed by atoms with van der Waals surface area (Å²) in [6, 6.07) is 9.86. The number of aliphatic imine (C=N–C) groups is 1. The van der Waals surface area contributed by atoms with E-state index in [4.69, 9.17) is 9.83 Å². The summed E-state index contributed by atoms with van der Waals surface area (Å²) in [5.41, 5.74) is 0.998. The maximum Gasteiger partial charge on any atom is 0.337 e. The molecule has 0 unspecified atom stereocenters. The van der Waals surface area contributed by atoms with Crippen molar-refractivity contribution in [3.63, 3.8) is 0 Å². The number of methoxy groups -OCH3 is 1. The van der Waals surface area contributed by atoms with E-state index < -0.39 is 21.7 Å². The Hall–Kier alpha value is -3.51. The lowest BCUT2D eigenvalue weighted by molar-refractivity contribution is -0.114. The maximum absolute atomic E-state index is 12.4. The van der Waals surface area contributed by atoms with E-state index >= 15 is 0 Å². The van der Waals surface area contributed by atoms with Crippen molar-refractivity contribution in [1.82, 2.24) is 5.01 Å². The first-order chi connectivity index (χ1) is 14.7. The van der Waals surface area contributed by atoms with Crippen LogP contribution >= 0.6 is 11.8 Å². The second kappa shape index (κ2) is 7.63. The monoisotopic (exact) mass is 458 g/mol. The zero-order valence-electron chi connectivity index (χ0n) is 16.1. The first kappa shape index (κ1) is 20.8. The fraction of sp³-hybridized carbons (Fsp3) is 0.105. The number of benzene rings is 1. The van der Waals surface area contributed by atoms with Crippen molar-refractivity contribution < 1.29 is 27.2 Å². The fourth-order valence-corrected chi connectivity index (χ4v) is 4.43. The molecule has 2 aliphatic rings. The van der Waals surface area contributed by atoms with E-state index in [2.05, 4.69) is 14.8 Å². The minimum absolute atomic E-state index is 0.0124. The normalized spacial score (nSPS) is 17.5. The number of amides is 1. The lowest BCUT2D eigenvalue weighted by atomic mass is 10.1. The van der Waals surface area contributed by atoms with Gasteiger partial charge in [-0.15, -0.1) is 5.10 Å². The smallest absolute Gasteiger partial charge is 0.337 e. The van der Waals surface area contributed by atoms with Crippen molar-refractivity contribution in [3.8, 4) is 11.3 Å². The van der Waals surface area contributed by atoms with Crippen LogP contribution in [-0.4, -0.2) is 54.0 Å². The van der Waals surface area contributed by atoms with Gasteiger partial charge in [-0.3, -0.25) is 10.2 Å². The summed E-state index contributed by atoms with van der Waals surface area (Å²) in [6.07, 6.45) is 2.33. The van der Waals surface area contributed by atoms with Crippen molar-refractivity contribution in [2.45, 2.75) is 0 Å². The SMILES string of the molecule is COC(=O)c1ccc(-c2ccc(/C=C3/C(=N)N4N=C(S(C)(=O)=O)SC4=NC3=O)o2)cc1. The number of fused-ring (bicyclic) bond motifs is 1. The van der Waals surface area contributed by atoms with Crippen LogP contribution in [0.15, 0.2) is 56.5 Å². The van der Waals surface area contributed by atoms with Crippen LogP contribution in [0.2, 0.25) is 0 Å². The Bertz CT molecular complexity index is 1320. The van der Waals surface area contributed by atoms with Crippen molar-refractivity contribution in [2.75, 3.05) is 13.4 Å². The zero-order valence-corrected chi connectivity index (χ0v) is 17.8. The molecule has 3 heterocycles. The van der Waals surface area contributed by atoms with Crippen LogP contribution in [0.25, 0.3) is 17.4 Å². The molecule has 2 aromatic rings. The van der Waals surface area contributed by atoms with Gasteiger partial charge < -0.3 is 9.15 Å². The quantitative estimate of drug-likeness (QED) is 0.545. The molecule has 1 aromatic carbocycles. The summed E-state index contributed by atoms with van der Waals surface area (Å²) < 4.78 is 33.6. The van der Waals surface area contributed by atoms with Gasteiger partial charge in [-0.2, -0.15) is 10.0 Å². The molecule has 0 saturated carbocycles. The number of rotatable bonds is 3. The van der Waals surface area contributed by atoms with Crippen LogP contribution in [0.3, 0.4) is 0 Å². The van der Waals surface area contributed by atoms with Gasteiger partial charge >= 0.3 is 5.97 Å². The van der Waals surface area contributed by atoms with Crippen LogP contribution in [0.1, 0.15) is 16.1 Å². The Kier molecular flexibility index (Phi) is 5.11. The first-order valence-electron chi connectivity index (χ1n) is 8.66. The molecule has 2 aliphatic heterocycles. The number of hydrogen-bond donors (Lipinski definition) is 1. The number of esters is 1. The van der Waals surface area contributed by atoms with E-state index in [1.807, 2.05) is 0 Å². The van der Waals surface area contributed by atoms with Crippen LogP contribution in [-0.2, 0) is 19.4 Å². The Morgan fingerprint density at radius 3 is 2.58 bits per heavy atom. The minimum Gasteiger partial charge on any atom is -0.465 e. The summed E-state index contributed by atoms with van der Waals surface area (Å²) >= 11 is 0.716. The van der Waals surface area contributed by atoms with Crippen molar-refractivity contribution in [2.24, 2.45) is 10.1 Å². The molecule has 31 heavy (non-hydrogen) atoms. The number of nitrogens with zero attached hydrogens (tertiary/aromatic N) is 3. The van der Waals surface area contributed by atoms with E-state index in [1.165, 1.54) is 13.2 Å². The van der Waals surface area contributed by atoms with Gasteiger partial charge in [0.05, 0.1) is 18.2 Å². The number of carbonyl (C=O) groups excluding carboxylic acids is 2. The topological polar surface area (TPSA) is 142 Å². The number of carbonyl (C=O) groups is 2. The van der Waals surface area contributed by atoms with Gasteiger partial charge in [0.25, 0.3) is 5.91 Å². The van der Waals surface area contributed by atoms with Gasteiger partial charge in [-0.25, -0.2) is 13.2 Å². The van der Waals surface area contributed by atoms with Gasteiger partial charge in [0, 0.05) is 11.8 Å². The molecule has 0 aliphatic carbocycles. The highest BCUT2D eigenvalue weighted by Crippen LogP contribution is 2.31. The van der Waals surface area contributed by atoms with Crippen LogP contribution in [0.5, 0.6) is 0 Å². The molecular weight excluding hydrogens is 444 g/mol. The summed E-state index contributed by atoms with van der Waals surface area (Å²) in [5, 5.41) is 13.2. The number of thioether (sulfide) groups is 1. The Labute approximate surface area is 180 Å². The molecule has 12 heteroatoms. The average Bonchev–Trinajstić information content (AvgIpc) is 3.38. The molecule has 0 bridgehead atoms. The standard InChI is InChI=1S/C19H14N4O6S2/c1-28-17(25)11-5-3-10(4-6-11)14-8-7-12(29-14)9-13-15(20)23-18(21-16(13)24)30-19(22-23)31(2,26)27/h3-9,20H,1-2H3/b13-9-,20-15?. The molecule has 0 radical (unpaired) electrons. The molecule has 0 fully saturated rings. The predicted octanol–water partition coefficient (Wildman–Crippen LogP) is 2.35. The highest BCUT2D eigenvalue weighted by Gasteiger charge is 2.38. The van der Waals surface area contributed by atoms with E-state index in [0.717, 1.165) is 11.3 Å². The number of hydrazone groups is 1. The summed E-state index contributed by atoms with van der Waals surface area (Å²) in [4.78, 5) is 27.8. The molecule has 0 saturated heterocycles.